The fourth-order valence-electron chi connectivity index (χ4n) is 2.12. The van der Waals surface area contributed by atoms with E-state index in [2.05, 4.69) is 5.32 Å². The molecule has 2 rings (SSSR count). The number of aliphatic hydroxyl groups excluding tert-OH is 1. The second-order valence-electron chi connectivity index (χ2n) is 5.37. The van der Waals surface area contributed by atoms with Crippen LogP contribution in [0.15, 0.2) is 47.3 Å². The van der Waals surface area contributed by atoms with Gasteiger partial charge in [-0.25, -0.2) is 0 Å². The fourth-order valence-corrected chi connectivity index (χ4v) is 2.12. The maximum absolute atomic E-state index is 12.5. The highest BCUT2D eigenvalue weighted by Crippen LogP contribution is 2.30. The number of carbonyl (C=O) groups excluding carboxylic acids is 2. The van der Waals surface area contributed by atoms with Crippen molar-refractivity contribution in [3.05, 3.63) is 54.0 Å². The Labute approximate surface area is 145 Å². The maximum Gasteiger partial charge on any atom is 0.416 e. The number of anilines is 1. The van der Waals surface area contributed by atoms with Crippen LogP contribution in [-0.2, 0) is 15.8 Å². The summed E-state index contributed by atoms with van der Waals surface area (Å²) in [5, 5.41) is 21.1. The van der Waals surface area contributed by atoms with Crippen LogP contribution >= 0.6 is 0 Å². The van der Waals surface area contributed by atoms with Crippen molar-refractivity contribution in [2.75, 3.05) is 5.32 Å². The van der Waals surface area contributed by atoms with Gasteiger partial charge in [0.15, 0.2) is 11.7 Å². The Morgan fingerprint density at radius 1 is 1.23 bits per heavy atom. The molecule has 0 aliphatic carbocycles. The minimum Gasteiger partial charge on any atom is -0.472 e. The molecule has 1 aromatic heterocycles. The number of furan rings is 1. The molecule has 2 unspecified atom stereocenters. The average Bonchev–Trinajstić information content (AvgIpc) is 3.09. The number of hydrogen-bond donors (Lipinski definition) is 2. The van der Waals surface area contributed by atoms with Crippen molar-refractivity contribution in [2.45, 2.75) is 18.7 Å². The number of nitrogens with one attached hydrogen (secondary N) is 1. The molecule has 6 nitrogen and oxygen atoms in total. The number of nitriles is 1. The molecular formula is C17H13F3N2O4. The molecule has 0 fully saturated rings. The summed E-state index contributed by atoms with van der Waals surface area (Å²) in [4.78, 5) is 24.1. The van der Waals surface area contributed by atoms with Crippen molar-refractivity contribution in [3.63, 3.8) is 0 Å². The third-order valence-electron chi connectivity index (χ3n) is 3.52. The molecule has 0 spiro atoms. The summed E-state index contributed by atoms with van der Waals surface area (Å²) in [5.74, 6) is -3.53. The lowest BCUT2D eigenvalue weighted by atomic mass is 9.97. The second-order valence-corrected chi connectivity index (χ2v) is 5.37. The first-order valence-corrected chi connectivity index (χ1v) is 7.33. The van der Waals surface area contributed by atoms with E-state index in [9.17, 15) is 27.9 Å². The van der Waals surface area contributed by atoms with Crippen LogP contribution in [-0.4, -0.2) is 16.8 Å². The van der Waals surface area contributed by atoms with Gasteiger partial charge in [-0.1, -0.05) is 0 Å². The van der Waals surface area contributed by atoms with Gasteiger partial charge in [-0.3, -0.25) is 9.59 Å². The van der Waals surface area contributed by atoms with Crippen LogP contribution in [0.3, 0.4) is 0 Å². The third-order valence-corrected chi connectivity index (χ3v) is 3.52. The molecule has 0 radical (unpaired) electrons. The smallest absolute Gasteiger partial charge is 0.416 e. The van der Waals surface area contributed by atoms with E-state index in [1.807, 2.05) is 0 Å². The molecule has 1 heterocycles. The highest BCUT2D eigenvalue weighted by Gasteiger charge is 2.31. The molecule has 1 aromatic carbocycles. The summed E-state index contributed by atoms with van der Waals surface area (Å²) in [6.45, 7) is 0. The molecule has 0 saturated carbocycles. The van der Waals surface area contributed by atoms with Crippen molar-refractivity contribution in [2.24, 2.45) is 5.92 Å². The summed E-state index contributed by atoms with van der Waals surface area (Å²) in [6, 6.07) is 6.52. The zero-order valence-electron chi connectivity index (χ0n) is 13.2. The number of benzene rings is 1. The number of nitrogens with zero attached hydrogens (tertiary/aromatic N) is 1. The minimum absolute atomic E-state index is 0.00596. The van der Waals surface area contributed by atoms with E-state index >= 15 is 0 Å². The Morgan fingerprint density at radius 3 is 2.38 bits per heavy atom. The van der Waals surface area contributed by atoms with Crippen LogP contribution < -0.4 is 5.32 Å². The summed E-state index contributed by atoms with van der Waals surface area (Å²) >= 11 is 0. The molecule has 0 saturated heterocycles. The number of rotatable bonds is 6. The van der Waals surface area contributed by atoms with E-state index in [0.717, 1.165) is 24.3 Å². The van der Waals surface area contributed by atoms with E-state index in [4.69, 9.17) is 9.68 Å². The summed E-state index contributed by atoms with van der Waals surface area (Å²) in [6.07, 6.45) is -3.73. The van der Waals surface area contributed by atoms with Crippen molar-refractivity contribution >= 4 is 17.4 Å². The molecular weight excluding hydrogens is 353 g/mol. The number of halogens is 3. The highest BCUT2D eigenvalue weighted by atomic mass is 19.4. The van der Waals surface area contributed by atoms with Crippen LogP contribution in [0.1, 0.15) is 23.7 Å². The topological polar surface area (TPSA) is 103 Å². The number of Topliss-reactive ketones (excluding diaryl/α,β-unsaturated/α-hetero) is 1. The van der Waals surface area contributed by atoms with Crippen LogP contribution in [0.5, 0.6) is 0 Å². The normalized spacial score (nSPS) is 13.5. The van der Waals surface area contributed by atoms with Crippen molar-refractivity contribution in [1.29, 1.82) is 5.26 Å². The van der Waals surface area contributed by atoms with Gasteiger partial charge < -0.3 is 14.8 Å². The number of aliphatic hydroxyl groups is 1. The Morgan fingerprint density at radius 2 is 1.88 bits per heavy atom. The molecule has 26 heavy (non-hydrogen) atoms. The van der Waals surface area contributed by atoms with Crippen LogP contribution in [0.25, 0.3) is 0 Å². The number of hydrogen-bond acceptors (Lipinski definition) is 5. The van der Waals surface area contributed by atoms with E-state index in [-0.39, 0.29) is 5.69 Å². The lowest BCUT2D eigenvalue weighted by Crippen LogP contribution is -2.29. The highest BCUT2D eigenvalue weighted by molar-refractivity contribution is 6.09. The fraction of sp³-hybridized carbons (Fsp3) is 0.235. The largest absolute Gasteiger partial charge is 0.472 e. The van der Waals surface area contributed by atoms with Gasteiger partial charge in [0.2, 0.25) is 5.91 Å². The summed E-state index contributed by atoms with van der Waals surface area (Å²) in [5.41, 5.74) is -0.573. The van der Waals surface area contributed by atoms with Crippen molar-refractivity contribution in [1.82, 2.24) is 0 Å². The van der Waals surface area contributed by atoms with Crippen LogP contribution in [0.4, 0.5) is 18.9 Å². The quantitative estimate of drug-likeness (QED) is 0.765. The van der Waals surface area contributed by atoms with E-state index in [1.165, 1.54) is 24.7 Å². The predicted octanol–water partition coefficient (Wildman–Crippen LogP) is 3.07. The lowest BCUT2D eigenvalue weighted by molar-refractivity contribution is -0.137. The molecule has 1 amide bonds. The Hall–Kier alpha value is -3.12. The Balaban J connectivity index is 2.02. The van der Waals surface area contributed by atoms with Crippen molar-refractivity contribution in [3.8, 4) is 6.07 Å². The average molecular weight is 366 g/mol. The molecule has 0 aliphatic heterocycles. The summed E-state index contributed by atoms with van der Waals surface area (Å²) < 4.78 is 42.3. The van der Waals surface area contributed by atoms with E-state index < -0.39 is 41.9 Å². The second kappa shape index (κ2) is 7.84. The lowest BCUT2D eigenvalue weighted by Gasteiger charge is -2.13. The van der Waals surface area contributed by atoms with Gasteiger partial charge >= 0.3 is 6.18 Å². The van der Waals surface area contributed by atoms with Gasteiger partial charge in [-0.2, -0.15) is 18.4 Å². The monoisotopic (exact) mass is 366 g/mol. The minimum atomic E-state index is -4.52. The number of carbonyl (C=O) groups is 2. The first-order valence-electron chi connectivity index (χ1n) is 7.33. The number of amides is 1. The summed E-state index contributed by atoms with van der Waals surface area (Å²) in [7, 11) is 0. The van der Waals surface area contributed by atoms with E-state index in [1.54, 1.807) is 0 Å². The molecule has 2 atom stereocenters. The van der Waals surface area contributed by atoms with Gasteiger partial charge in [-0.15, -0.1) is 0 Å². The maximum atomic E-state index is 12.5. The number of alkyl halides is 3. The van der Waals surface area contributed by atoms with Crippen LogP contribution in [0, 0.1) is 17.2 Å². The molecule has 9 heteroatoms. The molecule has 136 valence electrons. The van der Waals surface area contributed by atoms with Gasteiger partial charge in [0.25, 0.3) is 0 Å². The zero-order valence-corrected chi connectivity index (χ0v) is 13.2. The molecule has 2 aromatic rings. The van der Waals surface area contributed by atoms with Gasteiger partial charge in [0.1, 0.15) is 0 Å². The van der Waals surface area contributed by atoms with Gasteiger partial charge in [0.05, 0.1) is 30.3 Å². The third kappa shape index (κ3) is 4.70. The first kappa shape index (κ1) is 19.2. The standard InChI is InChI=1S/C17H13F3N2O4/c18-17(19,20)11-1-3-12(4-2-11)22-16(25)13(8-21)15(24)7-14(23)10-5-6-26-9-10/h1-6,9,13-14,23H,7H2,(H,22,25). The molecule has 0 bridgehead atoms. The SMILES string of the molecule is N#CC(C(=O)CC(O)c1ccoc1)C(=O)Nc1ccc(C(F)(F)F)cc1. The Kier molecular flexibility index (Phi) is 5.79. The van der Waals surface area contributed by atoms with Crippen LogP contribution in [0.2, 0.25) is 0 Å². The van der Waals surface area contributed by atoms with Gasteiger partial charge in [0, 0.05) is 17.7 Å². The molecule has 2 N–H and O–H groups in total. The number of ketones is 1. The van der Waals surface area contributed by atoms with E-state index in [0.29, 0.717) is 5.56 Å². The molecule has 0 aliphatic rings. The van der Waals surface area contributed by atoms with Gasteiger partial charge in [-0.05, 0) is 30.3 Å². The first-order chi connectivity index (χ1) is 12.2. The zero-order chi connectivity index (χ0) is 19.3. The Bertz CT molecular complexity index is 808. The predicted molar refractivity (Wildman–Crippen MR) is 82.5 cm³/mol. The van der Waals surface area contributed by atoms with Crippen molar-refractivity contribution < 1.29 is 32.3 Å².